The van der Waals surface area contributed by atoms with Crippen molar-refractivity contribution < 1.29 is 9.18 Å². The highest BCUT2D eigenvalue weighted by atomic mass is 19.1. The molecule has 1 aliphatic heterocycles. The van der Waals surface area contributed by atoms with E-state index in [1.54, 1.807) is 29.7 Å². The van der Waals surface area contributed by atoms with E-state index in [2.05, 4.69) is 59.7 Å². The Hall–Kier alpha value is -5.69. The van der Waals surface area contributed by atoms with Crippen LogP contribution >= 0.6 is 0 Å². The lowest BCUT2D eigenvalue weighted by Gasteiger charge is -2.42. The van der Waals surface area contributed by atoms with Crippen molar-refractivity contribution in [2.45, 2.75) is 18.6 Å². The van der Waals surface area contributed by atoms with Crippen molar-refractivity contribution in [2.24, 2.45) is 0 Å². The molecular formula is C33H32FN11O. The number of carbonyl (C=O) groups is 1. The maximum atomic E-state index is 13.4. The third kappa shape index (κ3) is 6.00. The van der Waals surface area contributed by atoms with Gasteiger partial charge < -0.3 is 19.8 Å². The number of nitrogens with zero attached hydrogens (tertiary/aromatic N) is 8. The van der Waals surface area contributed by atoms with Gasteiger partial charge in [-0.1, -0.05) is 65.9 Å². The molecule has 3 N–H and O–H groups in total. The Morgan fingerprint density at radius 1 is 0.891 bits per heavy atom. The van der Waals surface area contributed by atoms with Crippen LogP contribution < -0.4 is 10.8 Å². The first kappa shape index (κ1) is 29.0. The predicted octanol–water partition coefficient (Wildman–Crippen LogP) is 4.20. The minimum Gasteiger partial charge on any atom is -0.340 e. The Kier molecular flexibility index (Phi) is 8.04. The van der Waals surface area contributed by atoms with Crippen LogP contribution in [0.1, 0.15) is 28.9 Å². The van der Waals surface area contributed by atoms with E-state index in [4.69, 9.17) is 5.41 Å². The average molecular weight is 618 g/mol. The largest absolute Gasteiger partial charge is 0.340 e. The number of H-pyrrole nitrogens is 1. The Morgan fingerprint density at radius 2 is 1.57 bits per heavy atom. The minimum absolute atomic E-state index is 0.115. The third-order valence-electron chi connectivity index (χ3n) is 8.30. The second-order valence-electron chi connectivity index (χ2n) is 11.2. The molecule has 2 atom stereocenters. The van der Waals surface area contributed by atoms with Crippen molar-refractivity contribution in [2.75, 3.05) is 31.5 Å². The molecule has 0 spiro atoms. The number of amides is 2. The van der Waals surface area contributed by atoms with Crippen molar-refractivity contribution in [3.63, 3.8) is 0 Å². The smallest absolute Gasteiger partial charge is 0.321 e. The van der Waals surface area contributed by atoms with E-state index < -0.39 is 0 Å². The number of aromatic nitrogens is 7. The lowest BCUT2D eigenvalue weighted by atomic mass is 9.91. The number of hydrogen-bond acceptors (Lipinski definition) is 7. The fourth-order valence-corrected chi connectivity index (χ4v) is 6.05. The fourth-order valence-electron chi connectivity index (χ4n) is 6.05. The molecule has 3 aromatic carbocycles. The van der Waals surface area contributed by atoms with Crippen LogP contribution in [0.3, 0.4) is 0 Å². The number of carbonyl (C=O) groups excluding carboxylic acids is 1. The van der Waals surface area contributed by atoms with Crippen LogP contribution in [0.15, 0.2) is 104 Å². The van der Waals surface area contributed by atoms with Crippen molar-refractivity contribution in [3.05, 3.63) is 132 Å². The molecular weight excluding hydrogens is 585 g/mol. The molecule has 4 heterocycles. The van der Waals surface area contributed by atoms with Crippen LogP contribution in [0, 0.1) is 11.2 Å². The third-order valence-corrected chi connectivity index (χ3v) is 8.30. The molecule has 0 bridgehead atoms. The van der Waals surface area contributed by atoms with Crippen LogP contribution in [-0.2, 0) is 6.54 Å². The Labute approximate surface area is 263 Å². The number of hydrogen-bond donors (Lipinski definition) is 3. The highest BCUT2D eigenvalue weighted by Crippen LogP contribution is 2.37. The van der Waals surface area contributed by atoms with Gasteiger partial charge in [-0.05, 0) is 35.4 Å². The standard InChI is InChI=1S/C33H32FN11O/c34-25-11-13-26(14-12-25)39-33(46)43-17-15-42(16-18-43)29(23-7-3-1-4-8-23)30(24-9-5-2-6-10-24)45-20-27(40-41-45)19-44-22-38-31(35)28-32(44)37-21-36-28/h1-14,20-22,29-30,35H,15-19H2,(H,36,37)(H,39,46)/t29-,30+/m0/s1. The van der Waals surface area contributed by atoms with Gasteiger partial charge in [-0.2, -0.15) is 0 Å². The molecule has 3 aromatic heterocycles. The fraction of sp³-hybridized carbons (Fsp3) is 0.212. The van der Waals surface area contributed by atoms with Crippen molar-refractivity contribution in [1.29, 1.82) is 5.41 Å². The van der Waals surface area contributed by atoms with Gasteiger partial charge >= 0.3 is 6.03 Å². The highest BCUT2D eigenvalue weighted by Gasteiger charge is 2.35. The number of halogens is 1. The molecule has 0 saturated carbocycles. The number of urea groups is 1. The van der Waals surface area contributed by atoms with Crippen LogP contribution in [0.5, 0.6) is 0 Å². The summed E-state index contributed by atoms with van der Waals surface area (Å²) in [6.07, 6.45) is 5.11. The zero-order valence-electron chi connectivity index (χ0n) is 24.9. The van der Waals surface area contributed by atoms with Crippen molar-refractivity contribution >= 4 is 22.9 Å². The number of nitrogens with one attached hydrogen (secondary N) is 3. The molecule has 1 fully saturated rings. The number of aromatic amines is 1. The molecule has 13 heteroatoms. The molecule has 1 saturated heterocycles. The van der Waals surface area contributed by atoms with Gasteiger partial charge in [0.05, 0.1) is 37.5 Å². The molecule has 6 aromatic rings. The van der Waals surface area contributed by atoms with Crippen LogP contribution in [-0.4, -0.2) is 76.5 Å². The van der Waals surface area contributed by atoms with Crippen LogP contribution in [0.25, 0.3) is 11.2 Å². The molecule has 232 valence electrons. The second-order valence-corrected chi connectivity index (χ2v) is 11.2. The molecule has 2 amide bonds. The first-order chi connectivity index (χ1) is 22.5. The van der Waals surface area contributed by atoms with E-state index in [0.29, 0.717) is 49.6 Å². The summed E-state index contributed by atoms with van der Waals surface area (Å²) in [6.45, 7) is 2.71. The first-order valence-electron chi connectivity index (χ1n) is 15.0. The summed E-state index contributed by atoms with van der Waals surface area (Å²) in [4.78, 5) is 28.8. The Morgan fingerprint density at radius 3 is 2.26 bits per heavy atom. The number of imidazole rings is 1. The molecule has 12 nitrogen and oxygen atoms in total. The van der Waals surface area contributed by atoms with Gasteiger partial charge in [0, 0.05) is 31.9 Å². The molecule has 0 radical (unpaired) electrons. The SMILES string of the molecule is N=c1ncn(Cc2cn([C@H](c3ccccc3)[C@H](c3ccccc3)N3CCN(C(=O)Nc4ccc(F)cc4)CC3)nn2)c2nc[nH]c12. The van der Waals surface area contributed by atoms with Crippen molar-refractivity contribution in [3.8, 4) is 0 Å². The van der Waals surface area contributed by atoms with Crippen LogP contribution in [0.2, 0.25) is 0 Å². The normalized spacial score (nSPS) is 15.1. The van der Waals surface area contributed by atoms with Gasteiger partial charge in [-0.25, -0.2) is 23.8 Å². The number of piperazine rings is 1. The summed E-state index contributed by atoms with van der Waals surface area (Å²) in [6, 6.07) is 25.8. The van der Waals surface area contributed by atoms with Crippen LogP contribution in [0.4, 0.5) is 14.9 Å². The lowest BCUT2D eigenvalue weighted by Crippen LogP contribution is -2.52. The van der Waals surface area contributed by atoms with E-state index >= 15 is 0 Å². The minimum atomic E-state index is -0.348. The van der Waals surface area contributed by atoms with Gasteiger partial charge in [-0.15, -0.1) is 5.10 Å². The zero-order valence-corrected chi connectivity index (χ0v) is 24.9. The molecule has 7 rings (SSSR count). The summed E-state index contributed by atoms with van der Waals surface area (Å²) >= 11 is 0. The van der Waals surface area contributed by atoms with Gasteiger partial charge in [-0.3, -0.25) is 10.3 Å². The van der Waals surface area contributed by atoms with Gasteiger partial charge in [0.2, 0.25) is 0 Å². The van der Waals surface area contributed by atoms with Gasteiger partial charge in [0.15, 0.2) is 11.1 Å². The number of rotatable bonds is 8. The first-order valence-corrected chi connectivity index (χ1v) is 15.0. The quantitative estimate of drug-likeness (QED) is 0.234. The van der Waals surface area contributed by atoms with E-state index in [1.165, 1.54) is 12.1 Å². The maximum absolute atomic E-state index is 13.4. The summed E-state index contributed by atoms with van der Waals surface area (Å²) in [7, 11) is 0. The Balaban J connectivity index is 1.18. The maximum Gasteiger partial charge on any atom is 0.321 e. The van der Waals surface area contributed by atoms with E-state index in [0.717, 1.165) is 16.8 Å². The van der Waals surface area contributed by atoms with Crippen molar-refractivity contribution in [1.82, 2.24) is 44.3 Å². The molecule has 1 aliphatic rings. The number of fused-ring (bicyclic) bond motifs is 1. The summed E-state index contributed by atoms with van der Waals surface area (Å²) in [5.74, 6) is -0.348. The van der Waals surface area contributed by atoms with E-state index in [-0.39, 0.29) is 29.4 Å². The van der Waals surface area contributed by atoms with E-state index in [9.17, 15) is 9.18 Å². The van der Waals surface area contributed by atoms with Gasteiger partial charge in [0.1, 0.15) is 17.0 Å². The zero-order chi connectivity index (χ0) is 31.5. The number of anilines is 1. The highest BCUT2D eigenvalue weighted by molar-refractivity contribution is 5.89. The second kappa shape index (κ2) is 12.7. The summed E-state index contributed by atoms with van der Waals surface area (Å²) in [5, 5.41) is 20.1. The molecule has 46 heavy (non-hydrogen) atoms. The molecule has 0 aliphatic carbocycles. The topological polar surface area (TPSA) is 137 Å². The van der Waals surface area contributed by atoms with Gasteiger partial charge in [0.25, 0.3) is 0 Å². The average Bonchev–Trinajstić information content (AvgIpc) is 3.78. The summed E-state index contributed by atoms with van der Waals surface area (Å²) in [5.41, 5.74) is 4.80. The molecule has 0 unspecified atom stereocenters. The summed E-state index contributed by atoms with van der Waals surface area (Å²) < 4.78 is 17.1. The Bertz CT molecular complexity index is 1980. The predicted molar refractivity (Wildman–Crippen MR) is 169 cm³/mol. The monoisotopic (exact) mass is 617 g/mol. The van der Waals surface area contributed by atoms with E-state index in [1.807, 2.05) is 51.8 Å². The number of benzene rings is 3. The lowest BCUT2D eigenvalue weighted by molar-refractivity contribution is 0.0910.